The van der Waals surface area contributed by atoms with Gasteiger partial charge in [-0.3, -0.25) is 0 Å². The average molecular weight is 514 g/mol. The van der Waals surface area contributed by atoms with Gasteiger partial charge in [-0.15, -0.1) is 35.3 Å². The highest BCUT2D eigenvalue weighted by atomic mass is 127. The van der Waals surface area contributed by atoms with Gasteiger partial charge >= 0.3 is 0 Å². The molecule has 0 bridgehead atoms. The number of aliphatic imine (C=N–C) groups is 1. The summed E-state index contributed by atoms with van der Waals surface area (Å²) in [6.07, 6.45) is 2.23. The smallest absolute Gasteiger partial charge is 0.231 e. The Bertz CT molecular complexity index is 777. The predicted octanol–water partition coefficient (Wildman–Crippen LogP) is 3.82. The summed E-state index contributed by atoms with van der Waals surface area (Å²) in [7, 11) is 0. The van der Waals surface area contributed by atoms with Crippen LogP contribution < -0.4 is 25.0 Å². The molecule has 2 aliphatic heterocycles. The number of fused-ring (bicyclic) bond motifs is 1. The van der Waals surface area contributed by atoms with E-state index in [-0.39, 0.29) is 24.0 Å². The number of piperidine rings is 1. The zero-order valence-corrected chi connectivity index (χ0v) is 19.2. The van der Waals surface area contributed by atoms with Crippen molar-refractivity contribution in [1.29, 1.82) is 0 Å². The minimum atomic E-state index is 0. The van der Waals surface area contributed by atoms with Crippen molar-refractivity contribution in [2.75, 3.05) is 31.3 Å². The van der Waals surface area contributed by atoms with Crippen LogP contribution in [0.5, 0.6) is 11.5 Å². The van der Waals surface area contributed by atoms with Crippen molar-refractivity contribution in [2.24, 2.45) is 4.99 Å². The fraction of sp³-hybridized carbons (Fsp3) is 0.450. The third-order valence-electron chi connectivity index (χ3n) is 4.85. The van der Waals surface area contributed by atoms with E-state index < -0.39 is 0 Å². The minimum Gasteiger partial charge on any atom is -0.454 e. The molecule has 1 aromatic carbocycles. The van der Waals surface area contributed by atoms with Crippen LogP contribution in [-0.4, -0.2) is 38.4 Å². The van der Waals surface area contributed by atoms with Crippen LogP contribution in [0, 0.1) is 0 Å². The van der Waals surface area contributed by atoms with Crippen molar-refractivity contribution in [3.05, 3.63) is 41.3 Å². The van der Waals surface area contributed by atoms with Crippen LogP contribution in [0.15, 0.2) is 40.7 Å². The second-order valence-corrected chi connectivity index (χ2v) is 7.67. The number of rotatable bonds is 5. The summed E-state index contributed by atoms with van der Waals surface area (Å²) in [6.45, 7) is 6.02. The summed E-state index contributed by atoms with van der Waals surface area (Å²) >= 11 is 1.82. The van der Waals surface area contributed by atoms with Gasteiger partial charge in [-0.1, -0.05) is 6.07 Å². The Morgan fingerprint density at radius 2 is 2.04 bits per heavy atom. The molecule has 0 unspecified atom stereocenters. The number of ether oxygens (including phenoxy) is 2. The first-order valence-electron chi connectivity index (χ1n) is 9.53. The maximum absolute atomic E-state index is 5.45. The van der Waals surface area contributed by atoms with Crippen molar-refractivity contribution in [2.45, 2.75) is 32.4 Å². The molecule has 152 valence electrons. The van der Waals surface area contributed by atoms with Gasteiger partial charge in [0.25, 0.3) is 0 Å². The maximum Gasteiger partial charge on any atom is 0.231 e. The van der Waals surface area contributed by atoms with Gasteiger partial charge in [-0.05, 0) is 55.0 Å². The molecule has 2 N–H and O–H groups in total. The highest BCUT2D eigenvalue weighted by Crippen LogP contribution is 2.32. The molecule has 8 heteroatoms. The second-order valence-electron chi connectivity index (χ2n) is 6.74. The van der Waals surface area contributed by atoms with E-state index in [1.54, 1.807) is 0 Å². The standard InChI is InChI=1S/C20H26N4O2S.HI/c1-2-21-20(22-13-15-5-6-17-18(12-15)26-14-25-17)23-16-7-9-24(10-8-16)19-4-3-11-27-19;/h3-6,11-12,16H,2,7-10,13-14H2,1H3,(H2,21,22,23);1H. The number of nitrogens with zero attached hydrogens (tertiary/aromatic N) is 2. The Morgan fingerprint density at radius 1 is 1.21 bits per heavy atom. The zero-order valence-electron chi connectivity index (χ0n) is 16.0. The SMILES string of the molecule is CCNC(=NCc1ccc2c(c1)OCO2)NC1CCN(c2cccs2)CC1.I. The van der Waals surface area contributed by atoms with Crippen molar-refractivity contribution in [1.82, 2.24) is 10.6 Å². The lowest BCUT2D eigenvalue weighted by Crippen LogP contribution is -2.48. The highest BCUT2D eigenvalue weighted by Gasteiger charge is 2.20. The zero-order chi connectivity index (χ0) is 18.5. The molecule has 0 radical (unpaired) electrons. The van der Waals surface area contributed by atoms with E-state index in [9.17, 15) is 0 Å². The molecule has 4 rings (SSSR count). The predicted molar refractivity (Wildman–Crippen MR) is 125 cm³/mol. The summed E-state index contributed by atoms with van der Waals surface area (Å²) in [5, 5.41) is 10.5. The van der Waals surface area contributed by atoms with Gasteiger partial charge in [0, 0.05) is 25.7 Å². The number of hydrogen-bond acceptors (Lipinski definition) is 5. The van der Waals surface area contributed by atoms with Gasteiger partial charge in [-0.25, -0.2) is 4.99 Å². The van der Waals surface area contributed by atoms with Gasteiger partial charge in [0.05, 0.1) is 11.5 Å². The molecule has 1 fully saturated rings. The van der Waals surface area contributed by atoms with E-state index >= 15 is 0 Å². The van der Waals surface area contributed by atoms with E-state index in [1.165, 1.54) is 5.00 Å². The molecule has 1 saturated heterocycles. The monoisotopic (exact) mass is 514 g/mol. The molecule has 3 heterocycles. The van der Waals surface area contributed by atoms with Crippen LogP contribution in [-0.2, 0) is 6.54 Å². The molecular formula is C20H27IN4O2S. The molecule has 0 amide bonds. The van der Waals surface area contributed by atoms with Gasteiger partial charge in [0.2, 0.25) is 6.79 Å². The Hall–Kier alpha value is -1.68. The fourth-order valence-electron chi connectivity index (χ4n) is 3.42. The number of anilines is 1. The third kappa shape index (κ3) is 5.22. The summed E-state index contributed by atoms with van der Waals surface area (Å²) in [4.78, 5) is 7.23. The Balaban J connectivity index is 0.00000225. The number of benzene rings is 1. The first-order valence-corrected chi connectivity index (χ1v) is 10.4. The summed E-state index contributed by atoms with van der Waals surface area (Å²) in [5.41, 5.74) is 1.11. The Kier molecular flexibility index (Phi) is 7.66. The van der Waals surface area contributed by atoms with Gasteiger partial charge < -0.3 is 25.0 Å². The van der Waals surface area contributed by atoms with E-state index in [0.29, 0.717) is 19.4 Å². The molecule has 2 aromatic rings. The molecule has 28 heavy (non-hydrogen) atoms. The van der Waals surface area contributed by atoms with Crippen molar-refractivity contribution in [3.8, 4) is 11.5 Å². The van der Waals surface area contributed by atoms with E-state index in [0.717, 1.165) is 55.5 Å². The van der Waals surface area contributed by atoms with Crippen LogP contribution in [0.4, 0.5) is 5.00 Å². The lowest BCUT2D eigenvalue weighted by atomic mass is 10.1. The van der Waals surface area contributed by atoms with Crippen molar-refractivity contribution < 1.29 is 9.47 Å². The van der Waals surface area contributed by atoms with E-state index in [2.05, 4.69) is 40.0 Å². The maximum atomic E-state index is 5.45. The number of thiophene rings is 1. The lowest BCUT2D eigenvalue weighted by molar-refractivity contribution is 0.174. The van der Waals surface area contributed by atoms with Crippen LogP contribution in [0.3, 0.4) is 0 Å². The van der Waals surface area contributed by atoms with Gasteiger partial charge in [-0.2, -0.15) is 0 Å². The number of halogens is 1. The number of nitrogens with one attached hydrogen (secondary N) is 2. The highest BCUT2D eigenvalue weighted by molar-refractivity contribution is 14.0. The molecule has 0 saturated carbocycles. The van der Waals surface area contributed by atoms with Crippen LogP contribution in [0.25, 0.3) is 0 Å². The van der Waals surface area contributed by atoms with Crippen LogP contribution in [0.2, 0.25) is 0 Å². The van der Waals surface area contributed by atoms with Crippen molar-refractivity contribution in [3.63, 3.8) is 0 Å². The van der Waals surface area contributed by atoms with Crippen LogP contribution >= 0.6 is 35.3 Å². The van der Waals surface area contributed by atoms with Gasteiger partial charge in [0.15, 0.2) is 17.5 Å². The topological polar surface area (TPSA) is 58.1 Å². The normalized spacial score (nSPS) is 16.6. The average Bonchev–Trinajstić information content (AvgIpc) is 3.38. The Morgan fingerprint density at radius 3 is 2.79 bits per heavy atom. The second kappa shape index (κ2) is 10.2. The van der Waals surface area contributed by atoms with E-state index in [4.69, 9.17) is 14.5 Å². The summed E-state index contributed by atoms with van der Waals surface area (Å²) in [6, 6.07) is 10.8. The minimum absolute atomic E-state index is 0. The van der Waals surface area contributed by atoms with Crippen LogP contribution in [0.1, 0.15) is 25.3 Å². The van der Waals surface area contributed by atoms with E-state index in [1.807, 2.05) is 29.5 Å². The third-order valence-corrected chi connectivity index (χ3v) is 5.78. The molecule has 2 aliphatic rings. The first-order chi connectivity index (χ1) is 13.3. The molecule has 0 aliphatic carbocycles. The fourth-order valence-corrected chi connectivity index (χ4v) is 4.20. The Labute approximate surface area is 187 Å². The quantitative estimate of drug-likeness (QED) is 0.361. The molecule has 1 aromatic heterocycles. The molecular weight excluding hydrogens is 487 g/mol. The summed E-state index contributed by atoms with van der Waals surface area (Å²) in [5.74, 6) is 2.50. The van der Waals surface area contributed by atoms with Gasteiger partial charge in [0.1, 0.15) is 0 Å². The molecule has 6 nitrogen and oxygen atoms in total. The largest absolute Gasteiger partial charge is 0.454 e. The molecule has 0 spiro atoms. The molecule has 0 atom stereocenters. The number of guanidine groups is 1. The van der Waals surface area contributed by atoms with Crippen molar-refractivity contribution >= 4 is 46.3 Å². The number of hydrogen-bond donors (Lipinski definition) is 2. The first kappa shape index (κ1) is 21.0. The summed E-state index contributed by atoms with van der Waals surface area (Å²) < 4.78 is 10.8. The lowest BCUT2D eigenvalue weighted by Gasteiger charge is -2.33.